The first-order valence-corrected chi connectivity index (χ1v) is 5.61. The maximum Gasteiger partial charge on any atom is 0.233 e. The van der Waals surface area contributed by atoms with Crippen LogP contribution in [0, 0.1) is 11.3 Å². The molecule has 0 amide bonds. The molecule has 0 bridgehead atoms. The molecule has 0 aliphatic carbocycles. The van der Waals surface area contributed by atoms with Gasteiger partial charge < -0.3 is 9.64 Å². The maximum absolute atomic E-state index is 8.83. The lowest BCUT2D eigenvalue weighted by Crippen LogP contribution is -2.43. The predicted octanol–water partition coefficient (Wildman–Crippen LogP) is 2.33. The minimum atomic E-state index is -0.131. The van der Waals surface area contributed by atoms with Crippen molar-refractivity contribution in [1.29, 1.82) is 5.26 Å². The third-order valence-electron chi connectivity index (χ3n) is 2.75. The molecule has 17 heavy (non-hydrogen) atoms. The largest absolute Gasteiger partial charge is 0.475 e. The average Bonchev–Trinajstić information content (AvgIpc) is 2.27. The summed E-state index contributed by atoms with van der Waals surface area (Å²) < 4.78 is 5.57. The number of nitrogens with zero attached hydrogens (tertiary/aromatic N) is 3. The fourth-order valence-corrected chi connectivity index (χ4v) is 1.19. The Hall–Kier alpha value is -1.31. The smallest absolute Gasteiger partial charge is 0.233 e. The summed E-state index contributed by atoms with van der Waals surface area (Å²) in [5.74, 6) is 0.306. The predicted molar refractivity (Wildman–Crippen MR) is 67.2 cm³/mol. The standard InChI is InChI=1S/C12H16ClN3O/c1-12(2,16(3)4)8-17-11-10(13)9(7-14)5-6-15-11/h5-6H,8H2,1-4H3. The van der Waals surface area contributed by atoms with Gasteiger partial charge in [0.15, 0.2) is 0 Å². The molecular weight excluding hydrogens is 238 g/mol. The van der Waals surface area contributed by atoms with Crippen molar-refractivity contribution in [2.45, 2.75) is 19.4 Å². The zero-order chi connectivity index (χ0) is 13.1. The fraction of sp³-hybridized carbons (Fsp3) is 0.500. The first kappa shape index (κ1) is 13.8. The van der Waals surface area contributed by atoms with Gasteiger partial charge in [0.2, 0.25) is 5.88 Å². The summed E-state index contributed by atoms with van der Waals surface area (Å²) in [4.78, 5) is 6.08. The Morgan fingerprint density at radius 2 is 2.18 bits per heavy atom. The van der Waals surface area contributed by atoms with Crippen LogP contribution in [0.2, 0.25) is 5.02 Å². The maximum atomic E-state index is 8.83. The summed E-state index contributed by atoms with van der Waals surface area (Å²) in [5.41, 5.74) is 0.243. The molecule has 0 fully saturated rings. The van der Waals surface area contributed by atoms with Gasteiger partial charge in [-0.3, -0.25) is 0 Å². The number of pyridine rings is 1. The Balaban J connectivity index is 2.81. The SMILES string of the molecule is CN(C)C(C)(C)COc1nccc(C#N)c1Cl. The van der Waals surface area contributed by atoms with Crippen LogP contribution >= 0.6 is 11.6 Å². The van der Waals surface area contributed by atoms with E-state index in [9.17, 15) is 0 Å². The molecule has 1 rings (SSSR count). The molecule has 0 atom stereocenters. The van der Waals surface area contributed by atoms with Crippen molar-refractivity contribution in [3.05, 3.63) is 22.8 Å². The van der Waals surface area contributed by atoms with E-state index in [1.54, 1.807) is 6.07 Å². The number of halogens is 1. The molecule has 92 valence electrons. The third-order valence-corrected chi connectivity index (χ3v) is 3.12. The first-order chi connectivity index (χ1) is 7.88. The topological polar surface area (TPSA) is 49.1 Å². The van der Waals surface area contributed by atoms with Crippen molar-refractivity contribution < 1.29 is 4.74 Å². The molecule has 4 nitrogen and oxygen atoms in total. The molecule has 5 heteroatoms. The highest BCUT2D eigenvalue weighted by Crippen LogP contribution is 2.26. The van der Waals surface area contributed by atoms with Crippen LogP contribution in [-0.4, -0.2) is 36.1 Å². The zero-order valence-electron chi connectivity index (χ0n) is 10.5. The highest BCUT2D eigenvalue weighted by atomic mass is 35.5. The van der Waals surface area contributed by atoms with Crippen LogP contribution in [0.5, 0.6) is 5.88 Å². The molecule has 1 heterocycles. The van der Waals surface area contributed by atoms with Gasteiger partial charge in [-0.1, -0.05) is 11.6 Å². The second-order valence-corrected chi connectivity index (χ2v) is 4.96. The molecule has 0 saturated heterocycles. The summed E-state index contributed by atoms with van der Waals surface area (Å²) in [6.45, 7) is 4.55. The van der Waals surface area contributed by atoms with Crippen LogP contribution in [0.3, 0.4) is 0 Å². The van der Waals surface area contributed by atoms with Crippen LogP contribution in [0.4, 0.5) is 0 Å². The lowest BCUT2D eigenvalue weighted by atomic mass is 10.1. The number of hydrogen-bond acceptors (Lipinski definition) is 4. The van der Waals surface area contributed by atoms with Gasteiger partial charge in [0.25, 0.3) is 0 Å². The molecule has 0 N–H and O–H groups in total. The van der Waals surface area contributed by atoms with Gasteiger partial charge in [0, 0.05) is 11.7 Å². The van der Waals surface area contributed by atoms with Crippen LogP contribution in [0.15, 0.2) is 12.3 Å². The summed E-state index contributed by atoms with van der Waals surface area (Å²) >= 11 is 5.99. The number of aromatic nitrogens is 1. The molecular formula is C12H16ClN3O. The quantitative estimate of drug-likeness (QED) is 0.826. The van der Waals surface area contributed by atoms with Crippen molar-refractivity contribution in [2.75, 3.05) is 20.7 Å². The van der Waals surface area contributed by atoms with Gasteiger partial charge >= 0.3 is 0 Å². The van der Waals surface area contributed by atoms with Crippen LogP contribution in [-0.2, 0) is 0 Å². The van der Waals surface area contributed by atoms with Gasteiger partial charge in [0.05, 0.1) is 5.56 Å². The first-order valence-electron chi connectivity index (χ1n) is 5.23. The van der Waals surface area contributed by atoms with E-state index in [0.29, 0.717) is 18.1 Å². The van der Waals surface area contributed by atoms with E-state index >= 15 is 0 Å². The van der Waals surface area contributed by atoms with E-state index < -0.39 is 0 Å². The summed E-state index contributed by atoms with van der Waals surface area (Å²) in [6.07, 6.45) is 1.52. The average molecular weight is 254 g/mol. The Morgan fingerprint density at radius 3 is 2.71 bits per heavy atom. The van der Waals surface area contributed by atoms with Crippen LogP contribution in [0.25, 0.3) is 0 Å². The van der Waals surface area contributed by atoms with E-state index in [-0.39, 0.29) is 10.6 Å². The van der Waals surface area contributed by atoms with E-state index in [2.05, 4.69) is 23.7 Å². The van der Waals surface area contributed by atoms with Crippen molar-refractivity contribution >= 4 is 11.6 Å². The number of nitriles is 1. The monoisotopic (exact) mass is 253 g/mol. The molecule has 0 spiro atoms. The fourth-order valence-electron chi connectivity index (χ4n) is 0.986. The van der Waals surface area contributed by atoms with Crippen molar-refractivity contribution in [3.63, 3.8) is 0 Å². The van der Waals surface area contributed by atoms with Crippen molar-refractivity contribution in [2.24, 2.45) is 0 Å². The Kier molecular flexibility index (Phi) is 4.33. The molecule has 1 aromatic heterocycles. The highest BCUT2D eigenvalue weighted by Gasteiger charge is 2.22. The Labute approximate surface area is 107 Å². The third kappa shape index (κ3) is 3.32. The summed E-state index contributed by atoms with van der Waals surface area (Å²) in [6, 6.07) is 3.55. The van der Waals surface area contributed by atoms with Crippen LogP contribution in [0.1, 0.15) is 19.4 Å². The second-order valence-electron chi connectivity index (χ2n) is 4.58. The summed E-state index contributed by atoms with van der Waals surface area (Å²) in [7, 11) is 3.95. The highest BCUT2D eigenvalue weighted by molar-refractivity contribution is 6.32. The van der Waals surface area contributed by atoms with Gasteiger partial charge in [-0.15, -0.1) is 0 Å². The lowest BCUT2D eigenvalue weighted by molar-refractivity contribution is 0.111. The van der Waals surface area contributed by atoms with Crippen LogP contribution < -0.4 is 4.74 Å². The molecule has 0 aliphatic heterocycles. The molecule has 0 aromatic carbocycles. The van der Waals surface area contributed by atoms with E-state index in [1.165, 1.54) is 6.20 Å². The molecule has 0 aliphatic rings. The van der Waals surface area contributed by atoms with E-state index in [0.717, 1.165) is 0 Å². The number of likely N-dealkylation sites (N-methyl/N-ethyl adjacent to an activating group) is 1. The minimum Gasteiger partial charge on any atom is -0.475 e. The number of rotatable bonds is 4. The van der Waals surface area contributed by atoms with Crippen molar-refractivity contribution in [1.82, 2.24) is 9.88 Å². The number of hydrogen-bond donors (Lipinski definition) is 0. The Bertz CT molecular complexity index is 438. The van der Waals surface area contributed by atoms with E-state index in [1.807, 2.05) is 20.2 Å². The van der Waals surface area contributed by atoms with Gasteiger partial charge in [-0.25, -0.2) is 4.98 Å². The van der Waals surface area contributed by atoms with Crippen molar-refractivity contribution in [3.8, 4) is 11.9 Å². The normalized spacial score (nSPS) is 11.4. The van der Waals surface area contributed by atoms with E-state index in [4.69, 9.17) is 21.6 Å². The molecule has 0 radical (unpaired) electrons. The van der Waals surface area contributed by atoms with Gasteiger partial charge in [-0.05, 0) is 34.0 Å². The minimum absolute atomic E-state index is 0.131. The zero-order valence-corrected chi connectivity index (χ0v) is 11.2. The lowest BCUT2D eigenvalue weighted by Gasteiger charge is -2.32. The Morgan fingerprint density at radius 1 is 1.53 bits per heavy atom. The molecule has 1 aromatic rings. The number of ether oxygens (including phenoxy) is 1. The second kappa shape index (κ2) is 5.35. The van der Waals surface area contributed by atoms with Gasteiger partial charge in [0.1, 0.15) is 17.7 Å². The molecule has 0 unspecified atom stereocenters. The molecule has 0 saturated carbocycles. The summed E-state index contributed by atoms with van der Waals surface area (Å²) in [5, 5.41) is 9.10. The van der Waals surface area contributed by atoms with Gasteiger partial charge in [-0.2, -0.15) is 5.26 Å².